The summed E-state index contributed by atoms with van der Waals surface area (Å²) in [6, 6.07) is 2.04. The van der Waals surface area contributed by atoms with Crippen molar-refractivity contribution in [3.8, 4) is 0 Å². The summed E-state index contributed by atoms with van der Waals surface area (Å²) in [5, 5.41) is 7.62. The van der Waals surface area contributed by atoms with Gasteiger partial charge in [-0.25, -0.2) is 9.50 Å². The van der Waals surface area contributed by atoms with Crippen molar-refractivity contribution in [3.63, 3.8) is 0 Å². The third-order valence-corrected chi connectivity index (χ3v) is 2.92. The maximum atomic E-state index is 4.21. The molecule has 6 heteroatoms. The zero-order valence-electron chi connectivity index (χ0n) is 8.93. The molecule has 1 fully saturated rings. The van der Waals surface area contributed by atoms with Crippen molar-refractivity contribution in [2.75, 3.05) is 13.1 Å². The quantitative estimate of drug-likeness (QED) is 0.793. The predicted octanol–water partition coefficient (Wildman–Crippen LogP) is 0.704. The minimum atomic E-state index is 0. The molecule has 1 aliphatic heterocycles. The van der Waals surface area contributed by atoms with Crippen LogP contribution in [-0.4, -0.2) is 32.7 Å². The fraction of sp³-hybridized carbons (Fsp3) is 0.500. The van der Waals surface area contributed by atoms with Gasteiger partial charge in [-0.1, -0.05) is 0 Å². The molecule has 1 atom stereocenters. The summed E-state index contributed by atoms with van der Waals surface area (Å²) >= 11 is 0. The van der Waals surface area contributed by atoms with Crippen LogP contribution < -0.4 is 5.32 Å². The summed E-state index contributed by atoms with van der Waals surface area (Å²) in [5.41, 5.74) is 1.21. The molecule has 0 amide bonds. The number of hydrogen-bond donors (Lipinski definition) is 1. The van der Waals surface area contributed by atoms with Crippen molar-refractivity contribution in [1.82, 2.24) is 24.9 Å². The predicted molar refractivity (Wildman–Crippen MR) is 66.0 cm³/mol. The molecule has 0 saturated carbocycles. The molecule has 5 nitrogen and oxygen atoms in total. The molecule has 86 valence electrons. The summed E-state index contributed by atoms with van der Waals surface area (Å²) in [4.78, 5) is 8.26. The fourth-order valence-electron chi connectivity index (χ4n) is 2.17. The fourth-order valence-corrected chi connectivity index (χ4v) is 2.17. The highest BCUT2D eigenvalue weighted by Gasteiger charge is 2.18. The largest absolute Gasteiger partial charge is 0.316 e. The third kappa shape index (κ3) is 1.90. The number of aromatic nitrogens is 4. The average Bonchev–Trinajstić information content (AvgIpc) is 2.78. The van der Waals surface area contributed by atoms with Crippen LogP contribution >= 0.6 is 13.5 Å². The molecule has 1 N–H and O–H groups in total. The molecular formula is C10H15N5S. The van der Waals surface area contributed by atoms with E-state index in [1.54, 1.807) is 6.33 Å². The summed E-state index contributed by atoms with van der Waals surface area (Å²) < 4.78 is 1.84. The molecule has 2 aromatic heterocycles. The standard InChI is InChI=1S/C10H13N5.H2S/c1-2-8(6-11-4-1)9-3-5-12-10-13-7-14-15(9)10;/h3,5,7-8,11H,1-2,4,6H2;1H2/t8-;/m0./s1. The molecule has 0 unspecified atom stereocenters. The highest BCUT2D eigenvalue weighted by Crippen LogP contribution is 2.22. The first-order chi connectivity index (χ1) is 7.45. The Morgan fingerprint density at radius 1 is 1.38 bits per heavy atom. The SMILES string of the molecule is S.c1cc([C@H]2CCCNC2)n2ncnc2n1. The maximum Gasteiger partial charge on any atom is 0.252 e. The van der Waals surface area contributed by atoms with Gasteiger partial charge in [0.05, 0.1) is 5.69 Å². The number of piperidine rings is 1. The molecule has 3 heterocycles. The van der Waals surface area contributed by atoms with Gasteiger partial charge in [0.2, 0.25) is 0 Å². The molecule has 0 bridgehead atoms. The lowest BCUT2D eigenvalue weighted by molar-refractivity contribution is 0.448. The Labute approximate surface area is 101 Å². The molecule has 0 aromatic carbocycles. The van der Waals surface area contributed by atoms with Crippen LogP contribution in [0.3, 0.4) is 0 Å². The van der Waals surface area contributed by atoms with E-state index >= 15 is 0 Å². The first kappa shape index (κ1) is 11.3. The number of rotatable bonds is 1. The second-order valence-corrected chi connectivity index (χ2v) is 3.88. The molecule has 1 saturated heterocycles. The number of fused-ring (bicyclic) bond motifs is 1. The summed E-state index contributed by atoms with van der Waals surface area (Å²) in [6.45, 7) is 2.15. The van der Waals surface area contributed by atoms with Crippen LogP contribution in [0.5, 0.6) is 0 Å². The van der Waals surface area contributed by atoms with Gasteiger partial charge in [-0.3, -0.25) is 0 Å². The Morgan fingerprint density at radius 3 is 3.12 bits per heavy atom. The Morgan fingerprint density at radius 2 is 2.31 bits per heavy atom. The van der Waals surface area contributed by atoms with E-state index in [4.69, 9.17) is 0 Å². The summed E-state index contributed by atoms with van der Waals surface area (Å²) in [7, 11) is 0. The van der Waals surface area contributed by atoms with E-state index in [0.29, 0.717) is 11.7 Å². The van der Waals surface area contributed by atoms with Crippen molar-refractivity contribution in [2.24, 2.45) is 0 Å². The topological polar surface area (TPSA) is 55.1 Å². The van der Waals surface area contributed by atoms with E-state index in [9.17, 15) is 0 Å². The normalized spacial score (nSPS) is 20.6. The zero-order chi connectivity index (χ0) is 10.1. The highest BCUT2D eigenvalue weighted by molar-refractivity contribution is 7.59. The molecule has 16 heavy (non-hydrogen) atoms. The van der Waals surface area contributed by atoms with Gasteiger partial charge < -0.3 is 5.32 Å². The van der Waals surface area contributed by atoms with Gasteiger partial charge in [0.25, 0.3) is 5.78 Å². The van der Waals surface area contributed by atoms with E-state index < -0.39 is 0 Å². The van der Waals surface area contributed by atoms with E-state index in [0.717, 1.165) is 13.1 Å². The van der Waals surface area contributed by atoms with E-state index in [2.05, 4.69) is 20.4 Å². The summed E-state index contributed by atoms with van der Waals surface area (Å²) in [6.07, 6.45) is 5.81. The van der Waals surface area contributed by atoms with Gasteiger partial charge in [0.1, 0.15) is 6.33 Å². The molecule has 1 aliphatic rings. The lowest BCUT2D eigenvalue weighted by Crippen LogP contribution is -2.29. The number of hydrogen-bond acceptors (Lipinski definition) is 4. The van der Waals surface area contributed by atoms with Gasteiger partial charge in [-0.2, -0.15) is 23.6 Å². The second kappa shape index (κ2) is 4.80. The Balaban J connectivity index is 0.000000963. The summed E-state index contributed by atoms with van der Waals surface area (Å²) in [5.74, 6) is 1.23. The van der Waals surface area contributed by atoms with Crippen molar-refractivity contribution in [2.45, 2.75) is 18.8 Å². The van der Waals surface area contributed by atoms with Gasteiger partial charge in [0, 0.05) is 18.7 Å². The molecule has 0 radical (unpaired) electrons. The smallest absolute Gasteiger partial charge is 0.252 e. The zero-order valence-corrected chi connectivity index (χ0v) is 9.93. The highest BCUT2D eigenvalue weighted by atomic mass is 32.1. The molecular weight excluding hydrogens is 222 g/mol. The molecule has 0 aliphatic carbocycles. The van der Waals surface area contributed by atoms with Crippen LogP contribution in [0.15, 0.2) is 18.6 Å². The van der Waals surface area contributed by atoms with Crippen molar-refractivity contribution in [1.29, 1.82) is 0 Å². The first-order valence-corrected chi connectivity index (χ1v) is 5.30. The van der Waals surface area contributed by atoms with Crippen LogP contribution in [0.25, 0.3) is 5.78 Å². The Kier molecular flexibility index (Phi) is 3.40. The lowest BCUT2D eigenvalue weighted by atomic mass is 9.96. The number of nitrogens with zero attached hydrogens (tertiary/aromatic N) is 4. The van der Waals surface area contributed by atoms with Crippen molar-refractivity contribution < 1.29 is 0 Å². The average molecular weight is 237 g/mol. The van der Waals surface area contributed by atoms with Crippen LogP contribution in [0.4, 0.5) is 0 Å². The monoisotopic (exact) mass is 237 g/mol. The Hall–Kier alpha value is -1.14. The van der Waals surface area contributed by atoms with Gasteiger partial charge in [-0.15, -0.1) is 0 Å². The molecule has 2 aromatic rings. The van der Waals surface area contributed by atoms with Gasteiger partial charge in [-0.05, 0) is 25.5 Å². The molecule has 0 spiro atoms. The van der Waals surface area contributed by atoms with Crippen LogP contribution in [0, 0.1) is 0 Å². The van der Waals surface area contributed by atoms with E-state index in [1.165, 1.54) is 18.5 Å². The lowest BCUT2D eigenvalue weighted by Gasteiger charge is -2.22. The first-order valence-electron chi connectivity index (χ1n) is 5.30. The third-order valence-electron chi connectivity index (χ3n) is 2.92. The maximum absolute atomic E-state index is 4.21. The van der Waals surface area contributed by atoms with E-state index in [1.807, 2.05) is 16.8 Å². The van der Waals surface area contributed by atoms with Gasteiger partial charge >= 0.3 is 0 Å². The number of nitrogens with one attached hydrogen (secondary N) is 1. The minimum Gasteiger partial charge on any atom is -0.316 e. The van der Waals surface area contributed by atoms with Crippen LogP contribution in [-0.2, 0) is 0 Å². The minimum absolute atomic E-state index is 0. The van der Waals surface area contributed by atoms with Crippen molar-refractivity contribution in [3.05, 3.63) is 24.3 Å². The van der Waals surface area contributed by atoms with Crippen molar-refractivity contribution >= 4 is 19.3 Å². The molecule has 3 rings (SSSR count). The van der Waals surface area contributed by atoms with Crippen LogP contribution in [0.2, 0.25) is 0 Å². The van der Waals surface area contributed by atoms with E-state index in [-0.39, 0.29) is 13.5 Å². The van der Waals surface area contributed by atoms with Gasteiger partial charge in [0.15, 0.2) is 0 Å². The second-order valence-electron chi connectivity index (χ2n) is 3.88. The Bertz CT molecular complexity index is 463. The van der Waals surface area contributed by atoms with Crippen LogP contribution in [0.1, 0.15) is 24.5 Å².